The fourth-order valence-corrected chi connectivity index (χ4v) is 1.67. The Kier molecular flexibility index (Phi) is 4.24. The molecule has 0 aliphatic rings. The maximum atomic E-state index is 11.3. The molecule has 0 aliphatic heterocycles. The van der Waals surface area contributed by atoms with Gasteiger partial charge in [-0.1, -0.05) is 12.1 Å². The summed E-state index contributed by atoms with van der Waals surface area (Å²) in [5.74, 6) is 1.06. The first kappa shape index (κ1) is 13.9. The normalized spacial score (nSPS) is 10.4. The Morgan fingerprint density at radius 1 is 1.30 bits per heavy atom. The van der Waals surface area contributed by atoms with Gasteiger partial charge in [0.2, 0.25) is 5.95 Å². The molecule has 1 aromatic heterocycles. The van der Waals surface area contributed by atoms with Gasteiger partial charge in [0.25, 0.3) is 0 Å². The highest BCUT2D eigenvalue weighted by molar-refractivity contribution is 5.95. The van der Waals surface area contributed by atoms with E-state index in [1.165, 1.54) is 6.92 Å². The number of hydrogen-bond donors (Lipinski definition) is 2. The predicted octanol–water partition coefficient (Wildman–Crippen LogP) is 2.64. The van der Waals surface area contributed by atoms with Crippen LogP contribution in [0.3, 0.4) is 0 Å². The van der Waals surface area contributed by atoms with E-state index in [9.17, 15) is 4.79 Å². The maximum Gasteiger partial charge on any atom is 0.249 e. The minimum absolute atomic E-state index is 0.0166. The second-order valence-electron chi connectivity index (χ2n) is 4.73. The largest absolute Gasteiger partial charge is 0.366 e. The number of Topliss-reactive ketones (excluding diaryl/α,β-unsaturated/α-hetero) is 1. The lowest BCUT2D eigenvalue weighted by molar-refractivity contribution is 0.101. The molecule has 0 amide bonds. The molecule has 104 valence electrons. The van der Waals surface area contributed by atoms with Gasteiger partial charge in [-0.2, -0.15) is 10.1 Å². The number of carbonyl (C=O) groups is 1. The van der Waals surface area contributed by atoms with Crippen molar-refractivity contribution in [2.45, 2.75) is 26.8 Å². The predicted molar refractivity (Wildman–Crippen MR) is 78.3 cm³/mol. The first-order valence-electron chi connectivity index (χ1n) is 6.39. The summed E-state index contributed by atoms with van der Waals surface area (Å²) < 4.78 is 0. The third-order valence-corrected chi connectivity index (χ3v) is 2.52. The van der Waals surface area contributed by atoms with Crippen LogP contribution in [0.5, 0.6) is 0 Å². The van der Waals surface area contributed by atoms with Crippen LogP contribution in [0.2, 0.25) is 0 Å². The van der Waals surface area contributed by atoms with Gasteiger partial charge >= 0.3 is 0 Å². The van der Waals surface area contributed by atoms with Gasteiger partial charge in [0.1, 0.15) is 0 Å². The molecule has 0 atom stereocenters. The Hall–Kier alpha value is -2.50. The number of aromatic nitrogens is 3. The third kappa shape index (κ3) is 3.74. The van der Waals surface area contributed by atoms with Crippen molar-refractivity contribution >= 4 is 23.2 Å². The standard InChI is InChI=1S/C14H17N5O/c1-9(2)16-13-8-15-19-14(18-13)17-12-6-4-5-11(7-12)10(3)20/h4-9H,1-3H3,(H2,16,17,18,19). The summed E-state index contributed by atoms with van der Waals surface area (Å²) in [5, 5.41) is 14.0. The molecular weight excluding hydrogens is 254 g/mol. The molecular formula is C14H17N5O. The van der Waals surface area contributed by atoms with Gasteiger partial charge in [0.15, 0.2) is 11.6 Å². The summed E-state index contributed by atoms with van der Waals surface area (Å²) in [5.41, 5.74) is 1.39. The van der Waals surface area contributed by atoms with E-state index >= 15 is 0 Å². The van der Waals surface area contributed by atoms with Gasteiger partial charge in [-0.15, -0.1) is 5.10 Å². The lowest BCUT2D eigenvalue weighted by atomic mass is 10.1. The summed E-state index contributed by atoms with van der Waals surface area (Å²) in [7, 11) is 0. The van der Waals surface area contributed by atoms with Gasteiger partial charge in [-0.05, 0) is 32.9 Å². The van der Waals surface area contributed by atoms with Crippen LogP contribution in [0, 0.1) is 0 Å². The summed E-state index contributed by atoms with van der Waals surface area (Å²) >= 11 is 0. The monoisotopic (exact) mass is 271 g/mol. The first-order chi connectivity index (χ1) is 9.54. The van der Waals surface area contributed by atoms with Crippen LogP contribution in [0.4, 0.5) is 17.5 Å². The minimum atomic E-state index is 0.0166. The van der Waals surface area contributed by atoms with Crippen LogP contribution in [0.15, 0.2) is 30.5 Å². The van der Waals surface area contributed by atoms with Gasteiger partial charge < -0.3 is 10.6 Å². The van der Waals surface area contributed by atoms with Crippen LogP contribution < -0.4 is 10.6 Å². The smallest absolute Gasteiger partial charge is 0.249 e. The number of nitrogens with one attached hydrogen (secondary N) is 2. The average Bonchev–Trinajstić information content (AvgIpc) is 2.38. The third-order valence-electron chi connectivity index (χ3n) is 2.52. The summed E-state index contributed by atoms with van der Waals surface area (Å²) in [4.78, 5) is 15.6. The van der Waals surface area contributed by atoms with E-state index in [0.717, 1.165) is 5.69 Å². The highest BCUT2D eigenvalue weighted by atomic mass is 16.1. The van der Waals surface area contributed by atoms with Gasteiger partial charge in [0, 0.05) is 17.3 Å². The number of rotatable bonds is 5. The molecule has 0 radical (unpaired) electrons. The summed E-state index contributed by atoms with van der Waals surface area (Å²) in [6.45, 7) is 5.57. The number of nitrogens with zero attached hydrogens (tertiary/aromatic N) is 3. The molecule has 20 heavy (non-hydrogen) atoms. The number of anilines is 3. The quantitative estimate of drug-likeness (QED) is 0.814. The molecule has 0 bridgehead atoms. The van der Waals surface area contributed by atoms with Gasteiger partial charge in [-0.25, -0.2) is 0 Å². The van der Waals surface area contributed by atoms with Crippen molar-refractivity contribution < 1.29 is 4.79 Å². The lowest BCUT2D eigenvalue weighted by Crippen LogP contribution is -2.12. The number of hydrogen-bond acceptors (Lipinski definition) is 6. The Morgan fingerprint density at radius 2 is 2.10 bits per heavy atom. The average molecular weight is 271 g/mol. The van der Waals surface area contributed by atoms with E-state index in [4.69, 9.17) is 0 Å². The summed E-state index contributed by atoms with van der Waals surface area (Å²) in [6.07, 6.45) is 1.57. The van der Waals surface area contributed by atoms with Crippen LogP contribution in [0.25, 0.3) is 0 Å². The number of benzene rings is 1. The number of carbonyl (C=O) groups excluding carboxylic acids is 1. The van der Waals surface area contributed by atoms with Crippen molar-refractivity contribution in [2.24, 2.45) is 0 Å². The Labute approximate surface area is 117 Å². The Balaban J connectivity index is 2.17. The molecule has 0 saturated carbocycles. The second kappa shape index (κ2) is 6.10. The molecule has 1 heterocycles. The van der Waals surface area contributed by atoms with E-state index in [1.54, 1.807) is 18.3 Å². The van der Waals surface area contributed by atoms with Crippen molar-refractivity contribution in [3.63, 3.8) is 0 Å². The van der Waals surface area contributed by atoms with E-state index in [1.807, 2.05) is 26.0 Å². The van der Waals surface area contributed by atoms with E-state index < -0.39 is 0 Å². The van der Waals surface area contributed by atoms with Crippen molar-refractivity contribution in [3.05, 3.63) is 36.0 Å². The first-order valence-corrected chi connectivity index (χ1v) is 6.39. The molecule has 2 N–H and O–H groups in total. The second-order valence-corrected chi connectivity index (χ2v) is 4.73. The molecule has 0 spiro atoms. The van der Waals surface area contributed by atoms with Crippen LogP contribution in [-0.2, 0) is 0 Å². The van der Waals surface area contributed by atoms with E-state index in [0.29, 0.717) is 17.3 Å². The van der Waals surface area contributed by atoms with Crippen molar-refractivity contribution in [1.82, 2.24) is 15.2 Å². The zero-order chi connectivity index (χ0) is 14.5. The molecule has 2 rings (SSSR count). The minimum Gasteiger partial charge on any atom is -0.366 e. The molecule has 0 unspecified atom stereocenters. The Bertz CT molecular complexity index is 612. The zero-order valence-corrected chi connectivity index (χ0v) is 11.7. The SMILES string of the molecule is CC(=O)c1cccc(Nc2nncc(NC(C)C)n2)c1. The highest BCUT2D eigenvalue weighted by Crippen LogP contribution is 2.15. The molecule has 6 nitrogen and oxygen atoms in total. The van der Waals surface area contributed by atoms with Crippen molar-refractivity contribution in [1.29, 1.82) is 0 Å². The van der Waals surface area contributed by atoms with Crippen molar-refractivity contribution in [3.8, 4) is 0 Å². The lowest BCUT2D eigenvalue weighted by Gasteiger charge is -2.10. The van der Waals surface area contributed by atoms with Gasteiger partial charge in [-0.3, -0.25) is 4.79 Å². The van der Waals surface area contributed by atoms with Gasteiger partial charge in [0.05, 0.1) is 6.20 Å². The Morgan fingerprint density at radius 3 is 2.80 bits per heavy atom. The molecule has 0 aliphatic carbocycles. The zero-order valence-electron chi connectivity index (χ0n) is 11.7. The van der Waals surface area contributed by atoms with Crippen LogP contribution in [-0.4, -0.2) is 27.0 Å². The van der Waals surface area contributed by atoms with Crippen LogP contribution >= 0.6 is 0 Å². The highest BCUT2D eigenvalue weighted by Gasteiger charge is 2.04. The number of ketones is 1. The topological polar surface area (TPSA) is 79.8 Å². The molecule has 2 aromatic rings. The van der Waals surface area contributed by atoms with Crippen molar-refractivity contribution in [2.75, 3.05) is 10.6 Å². The molecule has 0 saturated heterocycles. The molecule has 6 heteroatoms. The van der Waals surface area contributed by atoms with E-state index in [-0.39, 0.29) is 11.8 Å². The fraction of sp³-hybridized carbons (Fsp3) is 0.286. The molecule has 1 aromatic carbocycles. The molecule has 0 fully saturated rings. The maximum absolute atomic E-state index is 11.3. The van der Waals surface area contributed by atoms with Crippen LogP contribution in [0.1, 0.15) is 31.1 Å². The summed E-state index contributed by atoms with van der Waals surface area (Å²) in [6, 6.07) is 7.44. The van der Waals surface area contributed by atoms with E-state index in [2.05, 4.69) is 25.8 Å². The fourth-order valence-electron chi connectivity index (χ4n) is 1.67.